The molecule has 1 heterocycles. The van der Waals surface area contributed by atoms with Gasteiger partial charge in [-0.25, -0.2) is 8.42 Å². The highest BCUT2D eigenvalue weighted by Crippen LogP contribution is 2.35. The van der Waals surface area contributed by atoms with Crippen LogP contribution in [-0.4, -0.2) is 54.6 Å². The number of nitrogens with one attached hydrogen (secondary N) is 1. The minimum Gasteiger partial charge on any atom is -0.493 e. The van der Waals surface area contributed by atoms with Crippen molar-refractivity contribution in [3.05, 3.63) is 42.0 Å². The van der Waals surface area contributed by atoms with Gasteiger partial charge in [-0.05, 0) is 36.2 Å². The number of methoxy groups -OCH3 is 2. The molecule has 1 N–H and O–H groups in total. The van der Waals surface area contributed by atoms with Crippen molar-refractivity contribution in [2.45, 2.75) is 19.4 Å². The average molecular weight is 465 g/mol. The Labute approximate surface area is 188 Å². The van der Waals surface area contributed by atoms with Crippen molar-refractivity contribution in [1.82, 2.24) is 5.32 Å². The highest BCUT2D eigenvalue weighted by molar-refractivity contribution is 7.92. The van der Waals surface area contributed by atoms with Crippen molar-refractivity contribution in [2.24, 2.45) is 0 Å². The standard InChI is InChI=1S/C22H28N2O7S/c1-5-17(15-6-8-18(28-2)20(12-15)29-3)23-22(25)14-24(32(4,26)27)16-7-9-19-21(13-16)31-11-10-30-19/h6-9,12-13,17H,5,10-11,14H2,1-4H3,(H,23,25). The van der Waals surface area contributed by atoms with Gasteiger partial charge in [-0.15, -0.1) is 0 Å². The van der Waals surface area contributed by atoms with E-state index in [9.17, 15) is 13.2 Å². The minimum absolute atomic E-state index is 0.325. The molecule has 0 spiro atoms. The van der Waals surface area contributed by atoms with Crippen molar-refractivity contribution in [3.63, 3.8) is 0 Å². The maximum Gasteiger partial charge on any atom is 0.241 e. The first-order chi connectivity index (χ1) is 15.3. The molecule has 0 radical (unpaired) electrons. The van der Waals surface area contributed by atoms with Gasteiger partial charge in [0.05, 0.1) is 32.2 Å². The number of benzene rings is 2. The lowest BCUT2D eigenvalue weighted by molar-refractivity contribution is -0.120. The van der Waals surface area contributed by atoms with Gasteiger partial charge in [0, 0.05) is 6.07 Å². The molecular formula is C22H28N2O7S. The van der Waals surface area contributed by atoms with Gasteiger partial charge < -0.3 is 24.3 Å². The molecule has 2 aromatic rings. The molecule has 0 aromatic heterocycles. The number of nitrogens with zero attached hydrogens (tertiary/aromatic N) is 1. The fourth-order valence-corrected chi connectivity index (χ4v) is 4.30. The normalized spacial score (nSPS) is 13.8. The molecule has 174 valence electrons. The molecule has 0 saturated carbocycles. The van der Waals surface area contributed by atoms with E-state index in [0.29, 0.717) is 48.3 Å². The Morgan fingerprint density at radius 2 is 1.75 bits per heavy atom. The molecule has 3 rings (SSSR count). The Morgan fingerprint density at radius 3 is 2.38 bits per heavy atom. The van der Waals surface area contributed by atoms with E-state index in [1.807, 2.05) is 13.0 Å². The fourth-order valence-electron chi connectivity index (χ4n) is 3.45. The van der Waals surface area contributed by atoms with Crippen LogP contribution in [0.3, 0.4) is 0 Å². The number of rotatable bonds is 9. The van der Waals surface area contributed by atoms with Gasteiger partial charge in [-0.2, -0.15) is 0 Å². The maximum atomic E-state index is 12.9. The predicted octanol–water partition coefficient (Wildman–Crippen LogP) is 2.51. The van der Waals surface area contributed by atoms with Crippen LogP contribution in [0.1, 0.15) is 24.9 Å². The van der Waals surface area contributed by atoms with E-state index in [2.05, 4.69) is 5.32 Å². The molecule has 0 aliphatic carbocycles. The second-order valence-electron chi connectivity index (χ2n) is 7.24. The highest BCUT2D eigenvalue weighted by Gasteiger charge is 2.25. The summed E-state index contributed by atoms with van der Waals surface area (Å²) in [7, 11) is -0.637. The third-order valence-electron chi connectivity index (χ3n) is 5.05. The summed E-state index contributed by atoms with van der Waals surface area (Å²) in [6.07, 6.45) is 1.66. The van der Waals surface area contributed by atoms with Gasteiger partial charge in [-0.1, -0.05) is 13.0 Å². The molecule has 1 atom stereocenters. The molecule has 1 unspecified atom stereocenters. The molecule has 32 heavy (non-hydrogen) atoms. The largest absolute Gasteiger partial charge is 0.493 e. The zero-order chi connectivity index (χ0) is 23.3. The summed E-state index contributed by atoms with van der Waals surface area (Å²) in [4.78, 5) is 12.9. The van der Waals surface area contributed by atoms with Gasteiger partial charge in [0.2, 0.25) is 15.9 Å². The van der Waals surface area contributed by atoms with E-state index >= 15 is 0 Å². The highest BCUT2D eigenvalue weighted by atomic mass is 32.2. The first-order valence-corrected chi connectivity index (χ1v) is 12.0. The van der Waals surface area contributed by atoms with Crippen molar-refractivity contribution < 1.29 is 32.2 Å². The minimum atomic E-state index is -3.73. The first kappa shape index (κ1) is 23.5. The lowest BCUT2D eigenvalue weighted by Crippen LogP contribution is -2.41. The van der Waals surface area contributed by atoms with Crippen molar-refractivity contribution in [1.29, 1.82) is 0 Å². The summed E-state index contributed by atoms with van der Waals surface area (Å²) < 4.78 is 47.6. The first-order valence-electron chi connectivity index (χ1n) is 10.2. The van der Waals surface area contributed by atoms with E-state index < -0.39 is 15.9 Å². The molecule has 10 heteroatoms. The summed E-state index contributed by atoms with van der Waals surface area (Å²) in [5.74, 6) is 1.68. The molecule has 1 aliphatic heterocycles. The molecule has 9 nitrogen and oxygen atoms in total. The van der Waals surface area contributed by atoms with Crippen molar-refractivity contribution in [3.8, 4) is 23.0 Å². The average Bonchev–Trinajstić information content (AvgIpc) is 2.79. The Morgan fingerprint density at radius 1 is 1.06 bits per heavy atom. The Balaban J connectivity index is 1.79. The number of carbonyl (C=O) groups excluding carboxylic acids is 1. The van der Waals surface area contributed by atoms with Crippen molar-refractivity contribution >= 4 is 21.6 Å². The molecule has 0 saturated heterocycles. The van der Waals surface area contributed by atoms with Crippen LogP contribution in [-0.2, 0) is 14.8 Å². The topological polar surface area (TPSA) is 103 Å². The Hall–Kier alpha value is -3.14. The number of hydrogen-bond acceptors (Lipinski definition) is 7. The van der Waals surface area contributed by atoms with Crippen molar-refractivity contribution in [2.75, 3.05) is 44.5 Å². The number of amides is 1. The summed E-state index contributed by atoms with van der Waals surface area (Å²) >= 11 is 0. The van der Waals surface area contributed by atoms with Crippen LogP contribution in [0.5, 0.6) is 23.0 Å². The molecule has 0 bridgehead atoms. The fraction of sp³-hybridized carbons (Fsp3) is 0.409. The number of fused-ring (bicyclic) bond motifs is 1. The molecule has 2 aromatic carbocycles. The smallest absolute Gasteiger partial charge is 0.241 e. The lowest BCUT2D eigenvalue weighted by Gasteiger charge is -2.26. The molecular weight excluding hydrogens is 436 g/mol. The van der Waals surface area contributed by atoms with Crippen LogP contribution >= 0.6 is 0 Å². The van der Waals surface area contributed by atoms with Gasteiger partial charge in [0.1, 0.15) is 19.8 Å². The molecule has 0 fully saturated rings. The van der Waals surface area contributed by atoms with Crippen LogP contribution in [0.25, 0.3) is 0 Å². The van der Waals surface area contributed by atoms with E-state index in [-0.39, 0.29) is 12.6 Å². The quantitative estimate of drug-likeness (QED) is 0.608. The third-order valence-corrected chi connectivity index (χ3v) is 6.20. The predicted molar refractivity (Wildman–Crippen MR) is 120 cm³/mol. The zero-order valence-corrected chi connectivity index (χ0v) is 19.4. The van der Waals surface area contributed by atoms with Gasteiger partial charge in [0.15, 0.2) is 23.0 Å². The maximum absolute atomic E-state index is 12.9. The van der Waals surface area contributed by atoms with E-state index in [1.54, 1.807) is 44.6 Å². The summed E-state index contributed by atoms with van der Waals surface area (Å²) in [6.45, 7) is 2.36. The van der Waals surface area contributed by atoms with Crippen LogP contribution in [0.4, 0.5) is 5.69 Å². The number of carbonyl (C=O) groups is 1. The summed E-state index contributed by atoms with van der Waals surface area (Å²) in [6, 6.07) is 9.86. The summed E-state index contributed by atoms with van der Waals surface area (Å²) in [5.41, 5.74) is 1.15. The SMILES string of the molecule is CCC(NC(=O)CN(c1ccc2c(c1)OCCO2)S(C)(=O)=O)c1ccc(OC)c(OC)c1. The molecule has 1 aliphatic rings. The Bertz CT molecular complexity index is 1070. The Kier molecular flexibility index (Phi) is 7.34. The van der Waals surface area contributed by atoms with Crippen LogP contribution in [0, 0.1) is 0 Å². The second kappa shape index (κ2) is 9.99. The number of sulfonamides is 1. The number of hydrogen-bond donors (Lipinski definition) is 1. The lowest BCUT2D eigenvalue weighted by atomic mass is 10.0. The monoisotopic (exact) mass is 464 g/mol. The second-order valence-corrected chi connectivity index (χ2v) is 9.15. The van der Waals surface area contributed by atoms with Gasteiger partial charge in [-0.3, -0.25) is 9.10 Å². The molecule has 1 amide bonds. The van der Waals surface area contributed by atoms with Crippen LogP contribution in [0.2, 0.25) is 0 Å². The third kappa shape index (κ3) is 5.37. The van der Waals surface area contributed by atoms with Gasteiger partial charge in [0.25, 0.3) is 0 Å². The van der Waals surface area contributed by atoms with Crippen LogP contribution in [0.15, 0.2) is 36.4 Å². The van der Waals surface area contributed by atoms with E-state index in [0.717, 1.165) is 16.1 Å². The van der Waals surface area contributed by atoms with E-state index in [1.165, 1.54) is 0 Å². The van der Waals surface area contributed by atoms with E-state index in [4.69, 9.17) is 18.9 Å². The zero-order valence-electron chi connectivity index (χ0n) is 18.6. The van der Waals surface area contributed by atoms with Crippen LogP contribution < -0.4 is 28.6 Å². The summed E-state index contributed by atoms with van der Waals surface area (Å²) in [5, 5.41) is 2.91. The number of anilines is 1. The number of ether oxygens (including phenoxy) is 4. The van der Waals surface area contributed by atoms with Gasteiger partial charge >= 0.3 is 0 Å².